The molecule has 0 saturated heterocycles. The SMILES string of the molecule is CCOc1ccc(-c2nc(-c3ccc4c(c3)CCN(C(=O)CN)CC4)no2)cc1C#N. The Hall–Kier alpha value is -3.70. The van der Waals surface area contributed by atoms with Crippen molar-refractivity contribution in [3.63, 3.8) is 0 Å². The van der Waals surface area contributed by atoms with Crippen LogP contribution in [0.5, 0.6) is 5.75 Å². The molecule has 2 N–H and O–H groups in total. The molecule has 31 heavy (non-hydrogen) atoms. The minimum absolute atomic E-state index is 0.0251. The molecule has 158 valence electrons. The zero-order chi connectivity index (χ0) is 21.8. The van der Waals surface area contributed by atoms with Crippen molar-refractivity contribution in [3.8, 4) is 34.7 Å². The number of aromatic nitrogens is 2. The summed E-state index contributed by atoms with van der Waals surface area (Å²) >= 11 is 0. The highest BCUT2D eigenvalue weighted by Gasteiger charge is 2.19. The first-order valence-electron chi connectivity index (χ1n) is 10.2. The molecule has 0 spiro atoms. The number of nitrogens with two attached hydrogens (primary N) is 1. The van der Waals surface area contributed by atoms with Crippen molar-refractivity contribution in [2.75, 3.05) is 26.2 Å². The van der Waals surface area contributed by atoms with Crippen LogP contribution < -0.4 is 10.5 Å². The van der Waals surface area contributed by atoms with Crippen molar-refractivity contribution < 1.29 is 14.1 Å². The number of fused-ring (bicyclic) bond motifs is 1. The van der Waals surface area contributed by atoms with Gasteiger partial charge in [0, 0.05) is 24.2 Å². The number of nitrogens with zero attached hydrogens (tertiary/aromatic N) is 4. The molecule has 0 bridgehead atoms. The van der Waals surface area contributed by atoms with E-state index in [9.17, 15) is 10.1 Å². The predicted molar refractivity (Wildman–Crippen MR) is 114 cm³/mol. The topological polar surface area (TPSA) is 118 Å². The standard InChI is InChI=1S/C23H23N5O3/c1-2-30-20-6-5-18(12-19(20)13-24)23-26-22(27-31-23)17-4-3-15-7-9-28(21(29)14-25)10-8-16(15)11-17/h3-6,11-12H,2,7-10,14,25H2,1H3. The lowest BCUT2D eigenvalue weighted by atomic mass is 10.00. The number of amides is 1. The van der Waals surface area contributed by atoms with E-state index >= 15 is 0 Å². The molecular formula is C23H23N5O3. The maximum Gasteiger partial charge on any atom is 0.258 e. The van der Waals surface area contributed by atoms with Crippen LogP contribution in [0.1, 0.15) is 23.6 Å². The Bertz CT molecular complexity index is 1150. The average Bonchev–Trinajstić information content (AvgIpc) is 3.20. The van der Waals surface area contributed by atoms with E-state index in [0.717, 1.165) is 18.4 Å². The molecule has 0 fully saturated rings. The maximum atomic E-state index is 11.9. The molecule has 4 rings (SSSR count). The molecule has 1 aliphatic heterocycles. The van der Waals surface area contributed by atoms with Crippen LogP contribution in [0.25, 0.3) is 22.8 Å². The number of rotatable bonds is 5. The number of carbonyl (C=O) groups is 1. The number of benzene rings is 2. The quantitative estimate of drug-likeness (QED) is 0.678. The highest BCUT2D eigenvalue weighted by Crippen LogP contribution is 2.28. The molecule has 0 radical (unpaired) electrons. The fourth-order valence-electron chi connectivity index (χ4n) is 3.73. The van der Waals surface area contributed by atoms with Crippen LogP contribution in [0.15, 0.2) is 40.9 Å². The van der Waals surface area contributed by atoms with Crippen molar-refractivity contribution in [2.24, 2.45) is 5.73 Å². The third-order valence-corrected chi connectivity index (χ3v) is 5.37. The molecule has 1 aromatic heterocycles. The van der Waals surface area contributed by atoms with E-state index in [1.54, 1.807) is 18.2 Å². The molecule has 8 nitrogen and oxygen atoms in total. The van der Waals surface area contributed by atoms with E-state index in [4.69, 9.17) is 15.0 Å². The minimum atomic E-state index is -0.0251. The number of nitriles is 1. The van der Waals surface area contributed by atoms with Crippen LogP contribution >= 0.6 is 0 Å². The summed E-state index contributed by atoms with van der Waals surface area (Å²) in [7, 11) is 0. The summed E-state index contributed by atoms with van der Waals surface area (Å²) in [4.78, 5) is 18.3. The summed E-state index contributed by atoms with van der Waals surface area (Å²) in [6.45, 7) is 3.70. The number of ether oxygens (including phenoxy) is 1. The summed E-state index contributed by atoms with van der Waals surface area (Å²) < 4.78 is 10.9. The van der Waals surface area contributed by atoms with E-state index in [0.29, 0.717) is 48.3 Å². The van der Waals surface area contributed by atoms with Gasteiger partial charge < -0.3 is 19.9 Å². The van der Waals surface area contributed by atoms with Crippen LogP contribution in [0.3, 0.4) is 0 Å². The van der Waals surface area contributed by atoms with Crippen LogP contribution in [-0.4, -0.2) is 47.2 Å². The smallest absolute Gasteiger partial charge is 0.258 e. The second-order valence-corrected chi connectivity index (χ2v) is 7.25. The van der Waals surface area contributed by atoms with Gasteiger partial charge in [-0.25, -0.2) is 0 Å². The van der Waals surface area contributed by atoms with Crippen LogP contribution in [0.2, 0.25) is 0 Å². The highest BCUT2D eigenvalue weighted by atomic mass is 16.5. The number of hydrogen-bond donors (Lipinski definition) is 1. The van der Waals surface area contributed by atoms with Crippen molar-refractivity contribution in [2.45, 2.75) is 19.8 Å². The Labute approximate surface area is 180 Å². The Morgan fingerprint density at radius 3 is 2.71 bits per heavy atom. The molecule has 0 atom stereocenters. The first-order chi connectivity index (χ1) is 15.1. The maximum absolute atomic E-state index is 11.9. The van der Waals surface area contributed by atoms with Crippen molar-refractivity contribution in [3.05, 3.63) is 53.1 Å². The summed E-state index contributed by atoms with van der Waals surface area (Å²) in [5.41, 5.74) is 9.81. The fraction of sp³-hybridized carbons (Fsp3) is 0.304. The van der Waals surface area contributed by atoms with E-state index in [2.05, 4.69) is 28.3 Å². The van der Waals surface area contributed by atoms with E-state index in [1.807, 2.05) is 17.9 Å². The Morgan fingerprint density at radius 2 is 1.97 bits per heavy atom. The lowest BCUT2D eigenvalue weighted by molar-refractivity contribution is -0.129. The normalized spacial score (nSPS) is 13.3. The fourth-order valence-corrected chi connectivity index (χ4v) is 3.73. The van der Waals surface area contributed by atoms with Gasteiger partial charge in [0.15, 0.2) is 0 Å². The Kier molecular flexibility index (Phi) is 5.96. The second-order valence-electron chi connectivity index (χ2n) is 7.25. The summed E-state index contributed by atoms with van der Waals surface area (Å²) in [5, 5.41) is 13.5. The largest absolute Gasteiger partial charge is 0.492 e. The molecule has 8 heteroatoms. The molecule has 1 aliphatic rings. The lowest BCUT2D eigenvalue weighted by Crippen LogP contribution is -2.37. The molecule has 2 heterocycles. The van der Waals surface area contributed by atoms with Crippen LogP contribution in [0.4, 0.5) is 0 Å². The van der Waals surface area contributed by atoms with Crippen LogP contribution in [-0.2, 0) is 17.6 Å². The average molecular weight is 417 g/mol. The van der Waals surface area contributed by atoms with Crippen LogP contribution in [0, 0.1) is 11.3 Å². The second kappa shape index (κ2) is 8.98. The van der Waals surface area contributed by atoms with Crippen molar-refractivity contribution in [1.29, 1.82) is 5.26 Å². The van der Waals surface area contributed by atoms with Gasteiger partial charge in [-0.2, -0.15) is 10.2 Å². The lowest BCUT2D eigenvalue weighted by Gasteiger charge is -2.18. The van der Waals surface area contributed by atoms with Gasteiger partial charge in [-0.05, 0) is 55.2 Å². The summed E-state index contributed by atoms with van der Waals surface area (Å²) in [6.07, 6.45) is 1.55. The van der Waals surface area contributed by atoms with E-state index in [-0.39, 0.29) is 12.5 Å². The number of hydrogen-bond acceptors (Lipinski definition) is 7. The molecular weight excluding hydrogens is 394 g/mol. The van der Waals surface area contributed by atoms with Gasteiger partial charge in [0.25, 0.3) is 5.89 Å². The van der Waals surface area contributed by atoms with Gasteiger partial charge in [0.2, 0.25) is 11.7 Å². The zero-order valence-electron chi connectivity index (χ0n) is 17.3. The van der Waals surface area contributed by atoms with Gasteiger partial charge in [0.1, 0.15) is 11.8 Å². The van der Waals surface area contributed by atoms with E-state index < -0.39 is 0 Å². The molecule has 1 amide bonds. The van der Waals surface area contributed by atoms with Gasteiger partial charge in [-0.1, -0.05) is 17.3 Å². The third-order valence-electron chi connectivity index (χ3n) is 5.37. The van der Waals surface area contributed by atoms with Crippen molar-refractivity contribution in [1.82, 2.24) is 15.0 Å². The third kappa shape index (κ3) is 4.27. The molecule has 2 aromatic carbocycles. The van der Waals surface area contributed by atoms with E-state index in [1.165, 1.54) is 11.1 Å². The monoisotopic (exact) mass is 417 g/mol. The minimum Gasteiger partial charge on any atom is -0.492 e. The Morgan fingerprint density at radius 1 is 1.19 bits per heavy atom. The highest BCUT2D eigenvalue weighted by molar-refractivity contribution is 5.78. The predicted octanol–water partition coefficient (Wildman–Crippen LogP) is 2.56. The summed E-state index contributed by atoms with van der Waals surface area (Å²) in [5.74, 6) is 1.32. The molecule has 0 unspecified atom stereocenters. The molecule has 0 saturated carbocycles. The first-order valence-corrected chi connectivity index (χ1v) is 10.2. The summed E-state index contributed by atoms with van der Waals surface area (Å²) in [6, 6.07) is 13.4. The van der Waals surface area contributed by atoms with Gasteiger partial charge >= 0.3 is 0 Å². The first kappa shape index (κ1) is 20.6. The van der Waals surface area contributed by atoms with Crippen molar-refractivity contribution >= 4 is 5.91 Å². The van der Waals surface area contributed by atoms with Gasteiger partial charge in [0.05, 0.1) is 18.7 Å². The molecule has 3 aromatic rings. The van der Waals surface area contributed by atoms with Gasteiger partial charge in [-0.3, -0.25) is 4.79 Å². The Balaban J connectivity index is 1.58. The van der Waals surface area contributed by atoms with Gasteiger partial charge in [-0.15, -0.1) is 0 Å². The molecule has 0 aliphatic carbocycles. The zero-order valence-corrected chi connectivity index (χ0v) is 17.3. The number of carbonyl (C=O) groups excluding carboxylic acids is 1.